The predicted molar refractivity (Wildman–Crippen MR) is 76.3 cm³/mol. The van der Waals surface area contributed by atoms with Gasteiger partial charge in [-0.3, -0.25) is 9.52 Å². The molecule has 2 atom stereocenters. The van der Waals surface area contributed by atoms with E-state index < -0.39 is 27.1 Å². The summed E-state index contributed by atoms with van der Waals surface area (Å²) >= 11 is 0. The number of hydrogen-bond acceptors (Lipinski definition) is 3. The highest BCUT2D eigenvalue weighted by Crippen LogP contribution is 2.16. The molecule has 0 radical (unpaired) electrons. The molecule has 4 nitrogen and oxygen atoms in total. The van der Waals surface area contributed by atoms with E-state index in [1.807, 2.05) is 37.3 Å². The van der Waals surface area contributed by atoms with Gasteiger partial charge in [0.2, 0.25) is 15.9 Å². The Labute approximate surface area is 115 Å². The van der Waals surface area contributed by atoms with Gasteiger partial charge in [-0.15, -0.1) is 0 Å². The van der Waals surface area contributed by atoms with E-state index in [0.717, 1.165) is 12.0 Å². The van der Waals surface area contributed by atoms with E-state index in [0.29, 0.717) is 6.42 Å². The maximum Gasteiger partial charge on any atom is 0.240 e. The van der Waals surface area contributed by atoms with Gasteiger partial charge in [-0.2, -0.15) is 0 Å². The molecule has 0 heterocycles. The van der Waals surface area contributed by atoms with Crippen molar-refractivity contribution in [3.05, 3.63) is 35.9 Å². The lowest BCUT2D eigenvalue weighted by atomic mass is 10.0. The van der Waals surface area contributed by atoms with Crippen molar-refractivity contribution in [2.75, 3.05) is 0 Å². The molecule has 1 rings (SSSR count). The number of rotatable bonds is 6. The summed E-state index contributed by atoms with van der Waals surface area (Å²) in [5.74, 6) is -0.959. The minimum Gasteiger partial charge on any atom is -0.273 e. The molecule has 5 heteroatoms. The molecule has 1 aromatic rings. The average Bonchev–Trinajstić information content (AvgIpc) is 2.38. The fourth-order valence-electron chi connectivity index (χ4n) is 1.78. The summed E-state index contributed by atoms with van der Waals surface area (Å²) in [5.41, 5.74) is 0.804. The van der Waals surface area contributed by atoms with E-state index in [2.05, 4.69) is 4.72 Å². The van der Waals surface area contributed by atoms with Crippen LogP contribution >= 0.6 is 0 Å². The number of amides is 1. The zero-order valence-electron chi connectivity index (χ0n) is 11.6. The maximum absolute atomic E-state index is 12.0. The fraction of sp³-hybridized carbons (Fsp3) is 0.500. The number of nitrogens with one attached hydrogen (secondary N) is 1. The van der Waals surface area contributed by atoms with Gasteiger partial charge in [0.05, 0.1) is 11.2 Å². The van der Waals surface area contributed by atoms with Gasteiger partial charge in [-0.1, -0.05) is 43.7 Å². The molecule has 1 aromatic carbocycles. The first kappa shape index (κ1) is 15.7. The third-order valence-corrected chi connectivity index (χ3v) is 4.94. The summed E-state index contributed by atoms with van der Waals surface area (Å²) in [5, 5.41) is -0.551. The molecule has 0 aliphatic rings. The Morgan fingerprint density at radius 1 is 1.21 bits per heavy atom. The maximum atomic E-state index is 12.0. The summed E-state index contributed by atoms with van der Waals surface area (Å²) in [7, 11) is -3.57. The largest absolute Gasteiger partial charge is 0.273 e. The lowest BCUT2D eigenvalue weighted by Crippen LogP contribution is -2.39. The molecule has 1 amide bonds. The second kappa shape index (κ2) is 6.70. The van der Waals surface area contributed by atoms with Crippen LogP contribution in [0.1, 0.15) is 45.1 Å². The minimum absolute atomic E-state index is 0.478. The standard InChI is InChI=1S/C14H21NO3S/c1-4-8-11(2)19(17,18)15-14(16)12(3)13-9-6-5-7-10-13/h5-7,9-12H,4,8H2,1-3H3,(H,15,16)/t11-,12+/m0/s1. The average molecular weight is 283 g/mol. The summed E-state index contributed by atoms with van der Waals surface area (Å²) in [6.45, 7) is 5.23. The summed E-state index contributed by atoms with van der Waals surface area (Å²) in [6, 6.07) is 9.13. The Morgan fingerprint density at radius 3 is 2.32 bits per heavy atom. The molecular formula is C14H21NO3S. The zero-order valence-corrected chi connectivity index (χ0v) is 12.4. The minimum atomic E-state index is -3.57. The van der Waals surface area contributed by atoms with Crippen molar-refractivity contribution in [1.29, 1.82) is 0 Å². The van der Waals surface area contributed by atoms with Gasteiger partial charge < -0.3 is 0 Å². The van der Waals surface area contributed by atoms with Crippen LogP contribution in [-0.2, 0) is 14.8 Å². The van der Waals surface area contributed by atoms with Crippen LogP contribution in [0.5, 0.6) is 0 Å². The van der Waals surface area contributed by atoms with Crippen molar-refractivity contribution >= 4 is 15.9 Å². The fourth-order valence-corrected chi connectivity index (χ4v) is 2.99. The zero-order chi connectivity index (χ0) is 14.5. The van der Waals surface area contributed by atoms with Crippen LogP contribution in [0, 0.1) is 0 Å². The molecular weight excluding hydrogens is 262 g/mol. The molecule has 0 aliphatic carbocycles. The smallest absolute Gasteiger partial charge is 0.240 e. The van der Waals surface area contributed by atoms with Gasteiger partial charge in [0, 0.05) is 0 Å². The molecule has 0 bridgehead atoms. The summed E-state index contributed by atoms with van der Waals surface area (Å²) in [6.07, 6.45) is 1.31. The topological polar surface area (TPSA) is 63.2 Å². The van der Waals surface area contributed by atoms with Gasteiger partial charge in [0.15, 0.2) is 0 Å². The van der Waals surface area contributed by atoms with Crippen LogP contribution in [0.25, 0.3) is 0 Å². The molecule has 0 saturated carbocycles. The van der Waals surface area contributed by atoms with Gasteiger partial charge >= 0.3 is 0 Å². The third-order valence-electron chi connectivity index (χ3n) is 3.16. The van der Waals surface area contributed by atoms with Gasteiger partial charge in [0.25, 0.3) is 0 Å². The molecule has 0 saturated heterocycles. The number of benzene rings is 1. The first-order chi connectivity index (χ1) is 8.88. The van der Waals surface area contributed by atoms with Gasteiger partial charge in [-0.05, 0) is 25.8 Å². The molecule has 19 heavy (non-hydrogen) atoms. The molecule has 0 spiro atoms. The van der Waals surface area contributed by atoms with Crippen molar-refractivity contribution in [2.24, 2.45) is 0 Å². The Balaban J connectivity index is 2.75. The number of carbonyl (C=O) groups excluding carboxylic acids is 1. The predicted octanol–water partition coefficient (Wildman–Crippen LogP) is 2.42. The molecule has 0 aliphatic heterocycles. The van der Waals surface area contributed by atoms with E-state index in [9.17, 15) is 13.2 Å². The lowest BCUT2D eigenvalue weighted by Gasteiger charge is -2.16. The number of sulfonamides is 1. The van der Waals surface area contributed by atoms with E-state index in [4.69, 9.17) is 0 Å². The second-order valence-corrected chi connectivity index (χ2v) is 6.84. The van der Waals surface area contributed by atoms with E-state index >= 15 is 0 Å². The lowest BCUT2D eigenvalue weighted by molar-refractivity contribution is -0.120. The van der Waals surface area contributed by atoms with Crippen molar-refractivity contribution in [2.45, 2.75) is 44.8 Å². The third kappa shape index (κ3) is 4.35. The van der Waals surface area contributed by atoms with Crippen molar-refractivity contribution in [1.82, 2.24) is 4.72 Å². The Bertz CT molecular complexity index is 511. The van der Waals surface area contributed by atoms with Crippen LogP contribution in [0.4, 0.5) is 0 Å². The molecule has 1 N–H and O–H groups in total. The molecule has 0 unspecified atom stereocenters. The van der Waals surface area contributed by atoms with Crippen LogP contribution < -0.4 is 4.72 Å². The highest BCUT2D eigenvalue weighted by Gasteiger charge is 2.25. The van der Waals surface area contributed by atoms with Gasteiger partial charge in [-0.25, -0.2) is 8.42 Å². The monoisotopic (exact) mass is 283 g/mol. The van der Waals surface area contributed by atoms with Crippen LogP contribution in [0.15, 0.2) is 30.3 Å². The van der Waals surface area contributed by atoms with Gasteiger partial charge in [0.1, 0.15) is 0 Å². The van der Waals surface area contributed by atoms with Crippen molar-refractivity contribution in [3.8, 4) is 0 Å². The van der Waals surface area contributed by atoms with Crippen LogP contribution in [0.3, 0.4) is 0 Å². The molecule has 0 aromatic heterocycles. The number of carbonyl (C=O) groups is 1. The second-order valence-electron chi connectivity index (χ2n) is 4.74. The summed E-state index contributed by atoms with van der Waals surface area (Å²) in [4.78, 5) is 12.0. The van der Waals surface area contributed by atoms with E-state index in [-0.39, 0.29) is 0 Å². The van der Waals surface area contributed by atoms with Crippen molar-refractivity contribution < 1.29 is 13.2 Å². The Hall–Kier alpha value is -1.36. The Morgan fingerprint density at radius 2 is 1.79 bits per heavy atom. The first-order valence-electron chi connectivity index (χ1n) is 6.49. The molecule has 0 fully saturated rings. The van der Waals surface area contributed by atoms with Crippen LogP contribution in [-0.4, -0.2) is 19.6 Å². The Kier molecular flexibility index (Phi) is 5.54. The summed E-state index contributed by atoms with van der Waals surface area (Å²) < 4.78 is 26.0. The van der Waals surface area contributed by atoms with E-state index in [1.54, 1.807) is 13.8 Å². The molecule has 106 valence electrons. The van der Waals surface area contributed by atoms with Crippen LogP contribution in [0.2, 0.25) is 0 Å². The normalized spacial score (nSPS) is 14.7. The first-order valence-corrected chi connectivity index (χ1v) is 8.03. The van der Waals surface area contributed by atoms with Crippen molar-refractivity contribution in [3.63, 3.8) is 0 Å². The van der Waals surface area contributed by atoms with E-state index in [1.165, 1.54) is 0 Å². The highest BCUT2D eigenvalue weighted by atomic mass is 32.2. The SMILES string of the molecule is CCC[C@H](C)S(=O)(=O)NC(=O)[C@H](C)c1ccccc1. The quantitative estimate of drug-likeness (QED) is 0.872. The highest BCUT2D eigenvalue weighted by molar-refractivity contribution is 7.90. The number of hydrogen-bond donors (Lipinski definition) is 1.